The number of thiazole rings is 1. The first-order chi connectivity index (χ1) is 28.0. The van der Waals surface area contributed by atoms with Crippen molar-refractivity contribution < 1.29 is 41.3 Å². The normalized spacial score (nSPS) is 16.0. The van der Waals surface area contributed by atoms with Crippen LogP contribution in [0.15, 0.2) is 67.1 Å². The largest absolute Gasteiger partial charge is 1.00 e. The lowest BCUT2D eigenvalue weighted by atomic mass is 10.0. The summed E-state index contributed by atoms with van der Waals surface area (Å²) in [5.74, 6) is -2.30. The zero-order valence-electron chi connectivity index (χ0n) is 33.9. The number of carboxylic acid groups (broad SMARTS) is 1. The van der Waals surface area contributed by atoms with Gasteiger partial charge in [-0.3, -0.25) is 33.9 Å². The van der Waals surface area contributed by atoms with E-state index < -0.39 is 40.3 Å². The van der Waals surface area contributed by atoms with Gasteiger partial charge in [-0.15, -0.1) is 23.1 Å². The van der Waals surface area contributed by atoms with Gasteiger partial charge in [0.2, 0.25) is 0 Å². The number of unbranched alkanes of at least 4 members (excludes halogenated alkanes) is 13. The van der Waals surface area contributed by atoms with E-state index in [4.69, 9.17) is 10.6 Å². The van der Waals surface area contributed by atoms with E-state index in [-0.39, 0.29) is 51.3 Å². The lowest BCUT2D eigenvalue weighted by Crippen LogP contribution is -3.00. The van der Waals surface area contributed by atoms with Gasteiger partial charge in [0.05, 0.1) is 0 Å². The smallest absolute Gasteiger partial charge is 0.352 e. The summed E-state index contributed by atoms with van der Waals surface area (Å²) in [6.45, 7) is 3.47. The SMILES string of the molecule is CCCCCCCCCCCCCCCC[n+]1ccccc1.CO/N=C(/C(=O)N[C@@H]1C(=O)N2C(C(=O)O)=C(CSc3nc(=O)c(=O)[nH]n3C)CS[C@H]12)c1csc(N)n1.[Cl-]. The summed E-state index contributed by atoms with van der Waals surface area (Å²) in [4.78, 5) is 74.3. The maximum Gasteiger partial charge on any atom is 0.352 e. The third-order valence-electron chi connectivity index (χ3n) is 9.57. The minimum atomic E-state index is -1.31. The second-order valence-electron chi connectivity index (χ2n) is 14.0. The molecular weight excluding hydrogens is 838 g/mol. The number of amides is 2. The average Bonchev–Trinajstić information content (AvgIpc) is 3.65. The van der Waals surface area contributed by atoms with Crippen LogP contribution in [0.25, 0.3) is 0 Å². The number of pyridine rings is 1. The lowest BCUT2D eigenvalue weighted by Gasteiger charge is -2.49. The number of carbonyl (C=O) groups excluding carboxylic acids is 2. The lowest BCUT2D eigenvalue weighted by molar-refractivity contribution is -0.697. The number of β-lactam (4-membered cyclic amide) rings is 1. The van der Waals surface area contributed by atoms with Gasteiger partial charge < -0.3 is 33.4 Å². The standard InChI is InChI=1S/C21H38N.C18H18N8O7S3.ClH/c1-2-3-4-5-6-7-8-9-10-11-12-13-14-16-19-22-20-17-15-18-21-22;1-25-18(22-12(28)13(29)23-25)36-4-6-3-34-15-9(14(30)26(15)10(6)16(31)32)21-11(27)8(24-33-2)7-5-35-17(19)20-7;/h15,17-18,20-21H,2-14,16,19H2,1H3;5,9,15H,3-4H2,1-2H3,(H2,19,20)(H,21,27)(H,23,29)(H,31,32);1H/q+1;;/p-1/b;24-8+;/t;9-,15-;/m.1./s1. The van der Waals surface area contributed by atoms with Crippen molar-refractivity contribution in [2.24, 2.45) is 12.2 Å². The van der Waals surface area contributed by atoms with Gasteiger partial charge in [0.1, 0.15) is 36.5 Å². The van der Waals surface area contributed by atoms with Crippen molar-refractivity contribution in [3.63, 3.8) is 0 Å². The number of carbonyl (C=O) groups is 3. The van der Waals surface area contributed by atoms with Gasteiger partial charge in [-0.2, -0.15) is 4.98 Å². The van der Waals surface area contributed by atoms with Gasteiger partial charge in [-0.25, -0.2) is 14.3 Å². The summed E-state index contributed by atoms with van der Waals surface area (Å²) in [5.41, 5.74) is 4.00. The van der Waals surface area contributed by atoms with E-state index in [0.717, 1.165) is 28.0 Å². The van der Waals surface area contributed by atoms with E-state index in [1.807, 2.05) is 0 Å². The molecule has 5 rings (SSSR count). The number of nitrogens with one attached hydrogen (secondary N) is 2. The monoisotopic (exact) mass is 893 g/mol. The third-order valence-corrected chi connectivity index (χ3v) is 12.7. The van der Waals surface area contributed by atoms with Crippen molar-refractivity contribution in [1.29, 1.82) is 0 Å². The topological polar surface area (TPSA) is 219 Å². The molecule has 2 aliphatic rings. The number of aryl methyl sites for hydroxylation is 2. The summed E-state index contributed by atoms with van der Waals surface area (Å²) in [7, 11) is 2.74. The molecule has 0 aromatic carbocycles. The van der Waals surface area contributed by atoms with Crippen LogP contribution in [0.1, 0.15) is 103 Å². The molecule has 5 N–H and O–H groups in total. The summed E-state index contributed by atoms with van der Waals surface area (Å²) in [5, 5.41) is 19.6. The number of aromatic nitrogens is 5. The van der Waals surface area contributed by atoms with E-state index in [0.29, 0.717) is 5.57 Å². The fraction of sp³-hybridized carbons (Fsp3) is 0.564. The number of fused-ring (bicyclic) bond motifs is 1. The fourth-order valence-corrected chi connectivity index (χ4v) is 9.46. The van der Waals surface area contributed by atoms with Gasteiger partial charge in [0.25, 0.3) is 11.8 Å². The Bertz CT molecular complexity index is 1990. The zero-order valence-corrected chi connectivity index (χ0v) is 37.1. The number of carboxylic acids is 1. The number of rotatable bonds is 23. The molecule has 59 heavy (non-hydrogen) atoms. The van der Waals surface area contributed by atoms with Crippen LogP contribution in [0.5, 0.6) is 0 Å². The molecule has 2 atom stereocenters. The Hall–Kier alpha value is -4.20. The number of hydrogen-bond donors (Lipinski definition) is 4. The molecule has 3 aromatic rings. The first-order valence-corrected chi connectivity index (χ1v) is 22.7. The van der Waals surface area contributed by atoms with Gasteiger partial charge >= 0.3 is 17.1 Å². The van der Waals surface area contributed by atoms with Crippen LogP contribution >= 0.6 is 34.9 Å². The number of thioether (sulfide) groups is 2. The van der Waals surface area contributed by atoms with Crippen LogP contribution < -0.4 is 39.1 Å². The number of oxime groups is 1. The van der Waals surface area contributed by atoms with E-state index in [1.54, 1.807) is 0 Å². The zero-order chi connectivity index (χ0) is 41.9. The predicted molar refractivity (Wildman–Crippen MR) is 228 cm³/mol. The molecule has 1 fully saturated rings. The van der Waals surface area contributed by atoms with Crippen molar-refractivity contribution in [3.05, 3.63) is 73.6 Å². The Labute approximate surface area is 363 Å². The molecule has 5 heterocycles. The minimum absolute atomic E-state index is 0. The molecule has 3 aromatic heterocycles. The van der Waals surface area contributed by atoms with E-state index in [1.165, 1.54) is 132 Å². The van der Waals surface area contributed by atoms with Crippen LogP contribution in [0, 0.1) is 0 Å². The van der Waals surface area contributed by atoms with Crippen LogP contribution in [0.4, 0.5) is 5.13 Å². The number of H-pyrrole nitrogens is 1. The molecule has 2 aliphatic heterocycles. The number of nitrogens with zero attached hydrogens (tertiary/aromatic N) is 6. The number of halogens is 1. The Balaban J connectivity index is 0.000000349. The van der Waals surface area contributed by atoms with Crippen LogP contribution in [-0.2, 0) is 32.8 Å². The van der Waals surface area contributed by atoms with E-state index in [9.17, 15) is 29.1 Å². The molecular formula is C39H56ClN9O7S3. The molecule has 0 saturated carbocycles. The van der Waals surface area contributed by atoms with Gasteiger partial charge in [-0.05, 0) is 12.0 Å². The van der Waals surface area contributed by atoms with Gasteiger partial charge in [0.15, 0.2) is 28.4 Å². The van der Waals surface area contributed by atoms with Crippen LogP contribution in [0.2, 0.25) is 0 Å². The van der Waals surface area contributed by atoms with Crippen molar-refractivity contribution in [1.82, 2.24) is 30.0 Å². The van der Waals surface area contributed by atoms with E-state index in [2.05, 4.69) is 67.6 Å². The molecule has 324 valence electrons. The molecule has 0 unspecified atom stereocenters. The molecule has 0 spiro atoms. The summed E-state index contributed by atoms with van der Waals surface area (Å²) >= 11 is 3.41. The van der Waals surface area contributed by atoms with Gasteiger partial charge in [-0.1, -0.05) is 107 Å². The molecule has 0 bridgehead atoms. The average molecular weight is 895 g/mol. The summed E-state index contributed by atoms with van der Waals surface area (Å²) < 4.78 is 3.55. The van der Waals surface area contributed by atoms with Gasteiger partial charge in [0, 0.05) is 42.5 Å². The Kier molecular flexibility index (Phi) is 21.8. The quantitative estimate of drug-likeness (QED) is 0.0204. The Morgan fingerprint density at radius 2 is 1.61 bits per heavy atom. The molecule has 16 nitrogen and oxygen atoms in total. The molecule has 0 radical (unpaired) electrons. The van der Waals surface area contributed by atoms with Crippen molar-refractivity contribution in [2.75, 3.05) is 24.3 Å². The Morgan fingerprint density at radius 1 is 1.00 bits per heavy atom. The second-order valence-corrected chi connectivity index (χ2v) is 16.9. The van der Waals surface area contributed by atoms with Crippen molar-refractivity contribution >= 4 is 63.5 Å². The highest BCUT2D eigenvalue weighted by Crippen LogP contribution is 2.41. The molecule has 0 aliphatic carbocycles. The maximum absolute atomic E-state index is 12.9. The molecule has 2 amide bonds. The third kappa shape index (κ3) is 15.1. The van der Waals surface area contributed by atoms with Crippen molar-refractivity contribution in [2.45, 2.75) is 120 Å². The second kappa shape index (κ2) is 26.1. The summed E-state index contributed by atoms with van der Waals surface area (Å²) in [6.07, 6.45) is 24.4. The van der Waals surface area contributed by atoms with Crippen LogP contribution in [0.3, 0.4) is 0 Å². The minimum Gasteiger partial charge on any atom is -1.00 e. The first-order valence-electron chi connectivity index (χ1n) is 19.8. The molecule has 1 saturated heterocycles. The summed E-state index contributed by atoms with van der Waals surface area (Å²) in [6, 6.07) is 5.32. The predicted octanol–water partition coefficient (Wildman–Crippen LogP) is 1.85. The number of aliphatic carboxylic acids is 1. The number of nitrogens with two attached hydrogens (primary N) is 1. The van der Waals surface area contributed by atoms with E-state index >= 15 is 0 Å². The number of nitrogen functional groups attached to an aromatic ring is 1. The highest BCUT2D eigenvalue weighted by molar-refractivity contribution is 8.01. The molecule has 20 heteroatoms. The number of aromatic amines is 1. The first kappa shape index (κ1) is 49.2. The highest BCUT2D eigenvalue weighted by Gasteiger charge is 2.54. The Morgan fingerprint density at radius 3 is 2.17 bits per heavy atom. The van der Waals surface area contributed by atoms with Crippen molar-refractivity contribution in [3.8, 4) is 0 Å². The van der Waals surface area contributed by atoms with Crippen LogP contribution in [-0.4, -0.2) is 83.3 Å². The maximum atomic E-state index is 12.9. The fourth-order valence-electron chi connectivity index (χ4n) is 6.51. The number of hydrogen-bond acceptors (Lipinski definition) is 13. The number of anilines is 1. The highest BCUT2D eigenvalue weighted by atomic mass is 35.5.